The highest BCUT2D eigenvalue weighted by Gasteiger charge is 2.22. The molecule has 1 atom stereocenters. The van der Waals surface area contributed by atoms with Crippen LogP contribution in [0.15, 0.2) is 24.5 Å². The van der Waals surface area contributed by atoms with Gasteiger partial charge in [-0.15, -0.1) is 0 Å². The summed E-state index contributed by atoms with van der Waals surface area (Å²) in [6.45, 7) is 4.48. The average Bonchev–Trinajstić information content (AvgIpc) is 2.98. The van der Waals surface area contributed by atoms with Crippen LogP contribution in [0.1, 0.15) is 43.8 Å². The number of aliphatic hydroxyl groups is 1. The van der Waals surface area contributed by atoms with E-state index in [0.29, 0.717) is 5.92 Å². The largest absolute Gasteiger partial charge is 0.395 e. The van der Waals surface area contributed by atoms with Crippen LogP contribution in [0.3, 0.4) is 0 Å². The third-order valence-electron chi connectivity index (χ3n) is 4.96. The summed E-state index contributed by atoms with van der Waals surface area (Å²) in [5.41, 5.74) is 0. The zero-order valence-corrected chi connectivity index (χ0v) is 12.8. The molecule has 1 fully saturated rings. The maximum atomic E-state index is 9.01. The number of aliphatic hydroxyl groups excluding tert-OH is 1. The van der Waals surface area contributed by atoms with Crippen molar-refractivity contribution in [3.8, 4) is 0 Å². The third kappa shape index (κ3) is 3.74. The number of aromatic nitrogens is 2. The van der Waals surface area contributed by atoms with Gasteiger partial charge >= 0.3 is 0 Å². The van der Waals surface area contributed by atoms with Crippen molar-refractivity contribution in [2.45, 2.75) is 44.6 Å². The topological polar surface area (TPSA) is 41.3 Å². The quantitative estimate of drug-likeness (QED) is 0.846. The first-order chi connectivity index (χ1) is 10.4. The molecule has 2 heterocycles. The summed E-state index contributed by atoms with van der Waals surface area (Å²) in [7, 11) is 0. The first kappa shape index (κ1) is 14.8. The Kier molecular flexibility index (Phi) is 5.09. The maximum absolute atomic E-state index is 9.01. The van der Waals surface area contributed by atoms with E-state index in [9.17, 15) is 0 Å². The Morgan fingerprint density at radius 3 is 2.76 bits per heavy atom. The number of hydrogen-bond acceptors (Lipinski definition) is 3. The molecule has 3 rings (SSSR count). The molecule has 21 heavy (non-hydrogen) atoms. The smallest absolute Gasteiger partial charge is 0.112 e. The number of imidazole rings is 1. The molecule has 1 aromatic rings. The summed E-state index contributed by atoms with van der Waals surface area (Å²) in [6, 6.07) is 0. The van der Waals surface area contributed by atoms with Crippen molar-refractivity contribution >= 4 is 0 Å². The van der Waals surface area contributed by atoms with Crippen LogP contribution in [0, 0.1) is 5.92 Å². The molecule has 2 aliphatic rings. The van der Waals surface area contributed by atoms with Crippen LogP contribution in [-0.4, -0.2) is 45.8 Å². The van der Waals surface area contributed by atoms with Gasteiger partial charge in [-0.2, -0.15) is 0 Å². The van der Waals surface area contributed by atoms with Crippen LogP contribution in [0.4, 0.5) is 0 Å². The standard InChI is InChI=1S/C17H27N3O/c21-13-12-19-9-6-15(7-10-19)14-20-11-8-18-17(20)16-4-2-1-3-5-16/h1-2,8,11,15-16,21H,3-7,9-10,12-14H2/t16-/m0/s1. The summed E-state index contributed by atoms with van der Waals surface area (Å²) in [6.07, 6.45) is 14.8. The first-order valence-corrected chi connectivity index (χ1v) is 8.36. The number of allylic oxidation sites excluding steroid dienone is 2. The minimum Gasteiger partial charge on any atom is -0.395 e. The lowest BCUT2D eigenvalue weighted by Gasteiger charge is -2.32. The van der Waals surface area contributed by atoms with Crippen molar-refractivity contribution in [3.05, 3.63) is 30.4 Å². The van der Waals surface area contributed by atoms with Crippen molar-refractivity contribution in [2.75, 3.05) is 26.2 Å². The molecule has 0 amide bonds. The third-order valence-corrected chi connectivity index (χ3v) is 4.96. The lowest BCUT2D eigenvalue weighted by molar-refractivity contribution is 0.141. The molecule has 4 heteroatoms. The van der Waals surface area contributed by atoms with Gasteiger partial charge < -0.3 is 14.6 Å². The first-order valence-electron chi connectivity index (χ1n) is 8.36. The van der Waals surface area contributed by atoms with Gasteiger partial charge in [-0.1, -0.05) is 12.2 Å². The Balaban J connectivity index is 1.56. The van der Waals surface area contributed by atoms with Gasteiger partial charge in [-0.3, -0.25) is 0 Å². The number of hydrogen-bond donors (Lipinski definition) is 1. The van der Waals surface area contributed by atoms with Crippen LogP contribution in [0.2, 0.25) is 0 Å². The average molecular weight is 289 g/mol. The highest BCUT2D eigenvalue weighted by Crippen LogP contribution is 2.29. The van der Waals surface area contributed by atoms with Gasteiger partial charge in [0, 0.05) is 31.4 Å². The van der Waals surface area contributed by atoms with Gasteiger partial charge in [0.05, 0.1) is 6.61 Å². The van der Waals surface area contributed by atoms with E-state index in [1.165, 1.54) is 31.5 Å². The number of nitrogens with zero attached hydrogens (tertiary/aromatic N) is 3. The van der Waals surface area contributed by atoms with Crippen LogP contribution in [0.5, 0.6) is 0 Å². The fraction of sp³-hybridized carbons (Fsp3) is 0.706. The monoisotopic (exact) mass is 289 g/mol. The highest BCUT2D eigenvalue weighted by atomic mass is 16.3. The predicted octanol–water partition coefficient (Wildman–Crippen LogP) is 2.41. The molecule has 1 aliphatic heterocycles. The van der Waals surface area contributed by atoms with E-state index in [4.69, 9.17) is 5.11 Å². The molecule has 1 aliphatic carbocycles. The zero-order chi connectivity index (χ0) is 14.5. The van der Waals surface area contributed by atoms with Crippen molar-refractivity contribution < 1.29 is 5.11 Å². The Labute approximate surface area is 127 Å². The van der Waals surface area contributed by atoms with E-state index in [-0.39, 0.29) is 6.61 Å². The van der Waals surface area contributed by atoms with E-state index < -0.39 is 0 Å². The fourth-order valence-corrected chi connectivity index (χ4v) is 3.68. The minimum atomic E-state index is 0.283. The van der Waals surface area contributed by atoms with Gasteiger partial charge in [0.15, 0.2) is 0 Å². The van der Waals surface area contributed by atoms with Gasteiger partial charge in [0.1, 0.15) is 5.82 Å². The number of rotatable bonds is 5. The molecule has 4 nitrogen and oxygen atoms in total. The fourth-order valence-electron chi connectivity index (χ4n) is 3.68. The second kappa shape index (κ2) is 7.23. The lowest BCUT2D eigenvalue weighted by Crippen LogP contribution is -2.36. The molecular weight excluding hydrogens is 262 g/mol. The molecule has 0 unspecified atom stereocenters. The van der Waals surface area contributed by atoms with Crippen LogP contribution < -0.4 is 0 Å². The maximum Gasteiger partial charge on any atom is 0.112 e. The normalized spacial score (nSPS) is 24.5. The van der Waals surface area contributed by atoms with Crippen LogP contribution in [-0.2, 0) is 6.54 Å². The molecule has 0 radical (unpaired) electrons. The second-order valence-electron chi connectivity index (χ2n) is 6.43. The summed E-state index contributed by atoms with van der Waals surface area (Å²) in [5.74, 6) is 2.66. The second-order valence-corrected chi connectivity index (χ2v) is 6.43. The SMILES string of the molecule is OCCN1CCC(Cn2ccnc2[C@H]2CC=CCC2)CC1. The molecule has 0 aromatic carbocycles. The molecular formula is C17H27N3O. The van der Waals surface area contributed by atoms with E-state index in [2.05, 4.69) is 32.8 Å². The highest BCUT2D eigenvalue weighted by molar-refractivity contribution is 5.07. The molecule has 0 spiro atoms. The molecule has 1 aromatic heterocycles. The molecule has 116 valence electrons. The number of piperidine rings is 1. The summed E-state index contributed by atoms with van der Waals surface area (Å²) < 4.78 is 2.40. The van der Waals surface area contributed by atoms with E-state index >= 15 is 0 Å². The van der Waals surface area contributed by atoms with E-state index in [1.807, 2.05) is 6.20 Å². The Bertz CT molecular complexity index is 460. The van der Waals surface area contributed by atoms with Crippen molar-refractivity contribution in [1.29, 1.82) is 0 Å². The minimum absolute atomic E-state index is 0.283. The Hall–Kier alpha value is -1.13. The summed E-state index contributed by atoms with van der Waals surface area (Å²) >= 11 is 0. The summed E-state index contributed by atoms with van der Waals surface area (Å²) in [4.78, 5) is 7.01. The van der Waals surface area contributed by atoms with E-state index in [1.54, 1.807) is 0 Å². The van der Waals surface area contributed by atoms with Gasteiger partial charge in [-0.05, 0) is 51.1 Å². The van der Waals surface area contributed by atoms with Crippen LogP contribution >= 0.6 is 0 Å². The zero-order valence-electron chi connectivity index (χ0n) is 12.8. The molecule has 0 bridgehead atoms. The lowest BCUT2D eigenvalue weighted by atomic mass is 9.92. The van der Waals surface area contributed by atoms with E-state index in [0.717, 1.165) is 38.5 Å². The summed E-state index contributed by atoms with van der Waals surface area (Å²) in [5, 5.41) is 9.01. The van der Waals surface area contributed by atoms with Crippen LogP contribution in [0.25, 0.3) is 0 Å². The molecule has 1 N–H and O–H groups in total. The van der Waals surface area contributed by atoms with Gasteiger partial charge in [-0.25, -0.2) is 4.98 Å². The van der Waals surface area contributed by atoms with Gasteiger partial charge in [0.2, 0.25) is 0 Å². The number of β-amino-alcohol motifs (C(OH)–C–C–N with tert-alkyl or cyclic N) is 1. The molecule has 1 saturated heterocycles. The number of likely N-dealkylation sites (tertiary alicyclic amines) is 1. The molecule has 0 saturated carbocycles. The van der Waals surface area contributed by atoms with Crippen molar-refractivity contribution in [1.82, 2.24) is 14.5 Å². The van der Waals surface area contributed by atoms with Crippen molar-refractivity contribution in [3.63, 3.8) is 0 Å². The van der Waals surface area contributed by atoms with Crippen molar-refractivity contribution in [2.24, 2.45) is 5.92 Å². The predicted molar refractivity (Wildman–Crippen MR) is 84.2 cm³/mol. The Morgan fingerprint density at radius 2 is 2.05 bits per heavy atom. The Morgan fingerprint density at radius 1 is 1.19 bits per heavy atom. The van der Waals surface area contributed by atoms with Gasteiger partial charge in [0.25, 0.3) is 0 Å².